The minimum absolute atomic E-state index is 0.0173. The molecular weight excluding hydrogens is 397 g/mol. The summed E-state index contributed by atoms with van der Waals surface area (Å²) in [6.07, 6.45) is 2.14. The van der Waals surface area contributed by atoms with Gasteiger partial charge in [0, 0.05) is 20.6 Å². The molecule has 0 aliphatic heterocycles. The predicted octanol–water partition coefficient (Wildman–Crippen LogP) is 4.62. The van der Waals surface area contributed by atoms with Crippen molar-refractivity contribution in [2.75, 3.05) is 0 Å². The number of hydrogen-bond acceptors (Lipinski definition) is 1. The maximum absolute atomic E-state index is 12.4. The zero-order valence-electron chi connectivity index (χ0n) is 11.4. The van der Waals surface area contributed by atoms with E-state index in [4.69, 9.17) is 11.6 Å². The van der Waals surface area contributed by atoms with E-state index in [-0.39, 0.29) is 11.9 Å². The highest BCUT2D eigenvalue weighted by atomic mass is 127. The van der Waals surface area contributed by atoms with Crippen molar-refractivity contribution in [1.29, 1.82) is 0 Å². The summed E-state index contributed by atoms with van der Waals surface area (Å²) in [4.78, 5) is 12.4. The van der Waals surface area contributed by atoms with Gasteiger partial charge in [-0.05, 0) is 65.3 Å². The molecule has 1 aliphatic rings. The van der Waals surface area contributed by atoms with Gasteiger partial charge in [0.2, 0.25) is 0 Å². The van der Waals surface area contributed by atoms with E-state index in [0.717, 1.165) is 27.0 Å². The first-order valence-electron chi connectivity index (χ1n) is 6.96. The average Bonchev–Trinajstić information content (AvgIpc) is 2.46. The maximum atomic E-state index is 12.4. The maximum Gasteiger partial charge on any atom is 0.252 e. The molecule has 0 aromatic heterocycles. The summed E-state index contributed by atoms with van der Waals surface area (Å²) >= 11 is 8.12. The highest BCUT2D eigenvalue weighted by molar-refractivity contribution is 14.1. The van der Waals surface area contributed by atoms with Crippen LogP contribution in [0.15, 0.2) is 48.5 Å². The lowest BCUT2D eigenvalue weighted by molar-refractivity contribution is 0.0904. The van der Waals surface area contributed by atoms with Crippen molar-refractivity contribution in [2.24, 2.45) is 0 Å². The normalized spacial score (nSPS) is 20.7. The lowest BCUT2D eigenvalue weighted by atomic mass is 9.75. The highest BCUT2D eigenvalue weighted by Gasteiger charge is 2.33. The number of carbonyl (C=O) groups is 1. The van der Waals surface area contributed by atoms with Crippen LogP contribution in [0, 0.1) is 3.57 Å². The number of benzene rings is 2. The van der Waals surface area contributed by atoms with Crippen LogP contribution in [0.3, 0.4) is 0 Å². The molecule has 2 aromatic rings. The molecule has 2 aromatic carbocycles. The Bertz CT molecular complexity index is 656. The fourth-order valence-electron chi connectivity index (χ4n) is 2.67. The minimum atomic E-state index is 0.0173. The van der Waals surface area contributed by atoms with Crippen LogP contribution in [-0.2, 0) is 0 Å². The van der Waals surface area contributed by atoms with Gasteiger partial charge in [0.05, 0.1) is 5.56 Å². The first-order valence-corrected chi connectivity index (χ1v) is 8.41. The number of halogens is 2. The third kappa shape index (κ3) is 3.24. The van der Waals surface area contributed by atoms with Gasteiger partial charge in [-0.25, -0.2) is 0 Å². The summed E-state index contributed by atoms with van der Waals surface area (Å²) in [5.74, 6) is 0.413. The Kier molecular flexibility index (Phi) is 4.50. The molecule has 0 bridgehead atoms. The van der Waals surface area contributed by atoms with Crippen LogP contribution in [0.4, 0.5) is 0 Å². The summed E-state index contributed by atoms with van der Waals surface area (Å²) in [5, 5.41) is 3.91. The number of hydrogen-bond donors (Lipinski definition) is 1. The smallest absolute Gasteiger partial charge is 0.252 e. The van der Waals surface area contributed by atoms with Crippen LogP contribution in [0.25, 0.3) is 0 Å². The molecule has 0 saturated heterocycles. The molecule has 1 N–H and O–H groups in total. The van der Waals surface area contributed by atoms with Crippen LogP contribution >= 0.6 is 34.2 Å². The largest absolute Gasteiger partial charge is 0.349 e. The van der Waals surface area contributed by atoms with Crippen LogP contribution in [0.2, 0.25) is 5.02 Å². The molecule has 2 unspecified atom stereocenters. The molecule has 1 amide bonds. The number of carbonyl (C=O) groups excluding carboxylic acids is 1. The summed E-state index contributed by atoms with van der Waals surface area (Å²) in [6.45, 7) is 0. The molecule has 3 rings (SSSR count). The van der Waals surface area contributed by atoms with E-state index in [1.54, 1.807) is 0 Å². The summed E-state index contributed by atoms with van der Waals surface area (Å²) in [7, 11) is 0. The Morgan fingerprint density at radius 2 is 1.81 bits per heavy atom. The number of amides is 1. The van der Waals surface area contributed by atoms with Crippen molar-refractivity contribution in [3.8, 4) is 0 Å². The molecule has 2 nitrogen and oxygen atoms in total. The molecule has 4 heteroatoms. The molecule has 1 aliphatic carbocycles. The van der Waals surface area contributed by atoms with E-state index in [0.29, 0.717) is 5.92 Å². The predicted molar refractivity (Wildman–Crippen MR) is 93.8 cm³/mol. The number of rotatable bonds is 3. The average molecular weight is 412 g/mol. The van der Waals surface area contributed by atoms with Gasteiger partial charge in [-0.3, -0.25) is 4.79 Å². The van der Waals surface area contributed by atoms with Crippen molar-refractivity contribution < 1.29 is 4.79 Å². The van der Waals surface area contributed by atoms with Gasteiger partial charge in [-0.2, -0.15) is 0 Å². The molecule has 0 radical (unpaired) electrons. The van der Waals surface area contributed by atoms with Gasteiger partial charge >= 0.3 is 0 Å². The zero-order valence-corrected chi connectivity index (χ0v) is 14.3. The van der Waals surface area contributed by atoms with Gasteiger partial charge in [-0.1, -0.05) is 35.9 Å². The Morgan fingerprint density at radius 3 is 2.43 bits per heavy atom. The van der Waals surface area contributed by atoms with Crippen molar-refractivity contribution in [2.45, 2.75) is 24.8 Å². The standard InChI is InChI=1S/C17H15ClINO/c18-12-7-5-11(6-8-12)13-9-10-16(13)20-17(21)14-3-1-2-4-15(14)19/h1-8,13,16H,9-10H2,(H,20,21). The quantitative estimate of drug-likeness (QED) is 0.734. The van der Waals surface area contributed by atoms with Crippen LogP contribution in [0.1, 0.15) is 34.7 Å². The van der Waals surface area contributed by atoms with Gasteiger partial charge in [0.1, 0.15) is 0 Å². The van der Waals surface area contributed by atoms with Gasteiger partial charge in [0.25, 0.3) is 5.91 Å². The van der Waals surface area contributed by atoms with Gasteiger partial charge in [-0.15, -0.1) is 0 Å². The van der Waals surface area contributed by atoms with Gasteiger partial charge < -0.3 is 5.32 Å². The molecular formula is C17H15ClINO. The molecule has 0 spiro atoms. The summed E-state index contributed by atoms with van der Waals surface area (Å²) in [6, 6.07) is 15.8. The first-order chi connectivity index (χ1) is 10.1. The Balaban J connectivity index is 1.70. The fraction of sp³-hybridized carbons (Fsp3) is 0.235. The molecule has 108 valence electrons. The second kappa shape index (κ2) is 6.36. The fourth-order valence-corrected chi connectivity index (χ4v) is 3.43. The van der Waals surface area contributed by atoms with Crippen molar-refractivity contribution in [3.63, 3.8) is 0 Å². The Hall–Kier alpha value is -1.07. The van der Waals surface area contributed by atoms with Crippen molar-refractivity contribution in [1.82, 2.24) is 5.32 Å². The number of nitrogens with one attached hydrogen (secondary N) is 1. The molecule has 1 saturated carbocycles. The Labute approximate surface area is 143 Å². The summed E-state index contributed by atoms with van der Waals surface area (Å²) in [5.41, 5.74) is 2.00. The van der Waals surface area contributed by atoms with Crippen LogP contribution in [0.5, 0.6) is 0 Å². The van der Waals surface area contributed by atoms with E-state index in [1.165, 1.54) is 5.56 Å². The molecule has 1 fully saturated rings. The van der Waals surface area contributed by atoms with Crippen molar-refractivity contribution >= 4 is 40.1 Å². The molecule has 2 atom stereocenters. The second-order valence-corrected chi connectivity index (χ2v) is 6.89. The molecule has 21 heavy (non-hydrogen) atoms. The molecule has 0 heterocycles. The summed E-state index contributed by atoms with van der Waals surface area (Å²) < 4.78 is 0.981. The monoisotopic (exact) mass is 411 g/mol. The van der Waals surface area contributed by atoms with E-state index in [1.807, 2.05) is 36.4 Å². The Morgan fingerprint density at radius 1 is 1.10 bits per heavy atom. The van der Waals surface area contributed by atoms with E-state index in [9.17, 15) is 4.79 Å². The van der Waals surface area contributed by atoms with E-state index >= 15 is 0 Å². The zero-order chi connectivity index (χ0) is 14.8. The first kappa shape index (κ1) is 14.9. The third-order valence-electron chi connectivity index (χ3n) is 4.01. The van der Waals surface area contributed by atoms with E-state index in [2.05, 4.69) is 40.0 Å². The lowest BCUT2D eigenvalue weighted by Crippen LogP contribution is -2.45. The second-order valence-electron chi connectivity index (χ2n) is 5.30. The van der Waals surface area contributed by atoms with Crippen molar-refractivity contribution in [3.05, 3.63) is 68.3 Å². The van der Waals surface area contributed by atoms with E-state index < -0.39 is 0 Å². The highest BCUT2D eigenvalue weighted by Crippen LogP contribution is 2.37. The SMILES string of the molecule is O=C(NC1CCC1c1ccc(Cl)cc1)c1ccccc1I. The minimum Gasteiger partial charge on any atom is -0.349 e. The van der Waals surface area contributed by atoms with Gasteiger partial charge in [0.15, 0.2) is 0 Å². The lowest BCUT2D eigenvalue weighted by Gasteiger charge is -2.37. The van der Waals surface area contributed by atoms with Crippen LogP contribution in [-0.4, -0.2) is 11.9 Å². The third-order valence-corrected chi connectivity index (χ3v) is 5.20. The topological polar surface area (TPSA) is 29.1 Å². The van der Waals surface area contributed by atoms with Crippen LogP contribution < -0.4 is 5.32 Å².